The number of benzene rings is 2. The van der Waals surface area contributed by atoms with Crippen LogP contribution in [0.25, 0.3) is 21.5 Å². The molecule has 1 spiro atoms. The number of anilines is 3. The highest BCUT2D eigenvalue weighted by atomic mass is 16.5. The van der Waals surface area contributed by atoms with Crippen molar-refractivity contribution in [3.05, 3.63) is 46.6 Å². The molecule has 2 aliphatic rings. The zero-order valence-corrected chi connectivity index (χ0v) is 13.4. The fraction of sp³-hybridized carbons (Fsp3) is 0.211. The van der Waals surface area contributed by atoms with Gasteiger partial charge in [0, 0.05) is 28.3 Å². The Morgan fingerprint density at radius 1 is 1.12 bits per heavy atom. The van der Waals surface area contributed by atoms with E-state index in [1.165, 1.54) is 6.07 Å². The van der Waals surface area contributed by atoms with E-state index in [1.54, 1.807) is 24.3 Å². The SMILES string of the molecule is Nc1cccc2c(O)c3c4c(ccc3c(=O)cc12)NC1(CCOC1)N4. The molecule has 1 saturated heterocycles. The average molecular weight is 335 g/mol. The van der Waals surface area contributed by atoms with Gasteiger partial charge in [-0.05, 0) is 24.3 Å². The Kier molecular flexibility index (Phi) is 2.74. The third-order valence-corrected chi connectivity index (χ3v) is 5.14. The van der Waals surface area contributed by atoms with E-state index < -0.39 is 0 Å². The van der Waals surface area contributed by atoms with Crippen LogP contribution < -0.4 is 21.8 Å². The molecule has 1 fully saturated rings. The number of hydrogen-bond donors (Lipinski definition) is 4. The molecular formula is C19H17N3O3. The van der Waals surface area contributed by atoms with Crippen LogP contribution in [-0.2, 0) is 4.74 Å². The Hall–Kier alpha value is -2.99. The Morgan fingerprint density at radius 2 is 2.00 bits per heavy atom. The third kappa shape index (κ3) is 1.91. The van der Waals surface area contributed by atoms with Crippen LogP contribution in [0, 0.1) is 0 Å². The van der Waals surface area contributed by atoms with Crippen molar-refractivity contribution in [3.63, 3.8) is 0 Å². The first-order valence-electron chi connectivity index (χ1n) is 8.23. The summed E-state index contributed by atoms with van der Waals surface area (Å²) >= 11 is 0. The van der Waals surface area contributed by atoms with Crippen LogP contribution >= 0.6 is 0 Å². The molecular weight excluding hydrogens is 318 g/mol. The lowest BCUT2D eigenvalue weighted by molar-refractivity contribution is 0.187. The second-order valence-corrected chi connectivity index (χ2v) is 6.71. The summed E-state index contributed by atoms with van der Waals surface area (Å²) in [6.07, 6.45) is 0.806. The monoisotopic (exact) mass is 335 g/mol. The molecule has 2 aliphatic heterocycles. The summed E-state index contributed by atoms with van der Waals surface area (Å²) in [4.78, 5) is 12.8. The van der Waals surface area contributed by atoms with Crippen molar-refractivity contribution in [1.29, 1.82) is 0 Å². The Bertz CT molecular complexity index is 1100. The number of nitrogens with one attached hydrogen (secondary N) is 2. The summed E-state index contributed by atoms with van der Waals surface area (Å²) in [5.41, 5.74) is 7.53. The minimum atomic E-state index is -0.380. The molecule has 25 heavy (non-hydrogen) atoms. The van der Waals surface area contributed by atoms with E-state index in [4.69, 9.17) is 10.5 Å². The molecule has 6 nitrogen and oxygen atoms in total. The predicted octanol–water partition coefficient (Wildman–Crippen LogP) is 2.59. The van der Waals surface area contributed by atoms with E-state index in [1.807, 2.05) is 6.07 Å². The van der Waals surface area contributed by atoms with Gasteiger partial charge < -0.3 is 26.2 Å². The summed E-state index contributed by atoms with van der Waals surface area (Å²) in [5, 5.41) is 20.0. The second kappa shape index (κ2) is 4.77. The van der Waals surface area contributed by atoms with Gasteiger partial charge in [-0.15, -0.1) is 0 Å². The van der Waals surface area contributed by atoms with Gasteiger partial charge in [-0.3, -0.25) is 4.79 Å². The summed E-state index contributed by atoms with van der Waals surface area (Å²) in [6, 6.07) is 10.4. The number of fused-ring (bicyclic) bond motifs is 4. The van der Waals surface area contributed by atoms with Gasteiger partial charge in [0.2, 0.25) is 0 Å². The third-order valence-electron chi connectivity index (χ3n) is 5.14. The van der Waals surface area contributed by atoms with Gasteiger partial charge in [0.15, 0.2) is 5.43 Å². The smallest absolute Gasteiger partial charge is 0.187 e. The molecule has 0 amide bonds. The molecule has 0 saturated carbocycles. The summed E-state index contributed by atoms with van der Waals surface area (Å²) < 4.78 is 5.52. The lowest BCUT2D eigenvalue weighted by Gasteiger charge is -2.23. The van der Waals surface area contributed by atoms with E-state index in [9.17, 15) is 9.90 Å². The quantitative estimate of drug-likeness (QED) is 0.472. The zero-order chi connectivity index (χ0) is 17.2. The molecule has 1 unspecified atom stereocenters. The van der Waals surface area contributed by atoms with Crippen molar-refractivity contribution < 1.29 is 9.84 Å². The van der Waals surface area contributed by atoms with E-state index in [0.29, 0.717) is 40.4 Å². The average Bonchev–Trinajstić information content (AvgIpc) is 3.18. The van der Waals surface area contributed by atoms with Gasteiger partial charge in [-0.1, -0.05) is 12.1 Å². The van der Waals surface area contributed by atoms with Crippen LogP contribution in [0.5, 0.6) is 5.75 Å². The Labute approximate surface area is 143 Å². The highest BCUT2D eigenvalue weighted by Gasteiger charge is 2.41. The van der Waals surface area contributed by atoms with Crippen molar-refractivity contribution in [2.75, 3.05) is 29.6 Å². The van der Waals surface area contributed by atoms with Gasteiger partial charge >= 0.3 is 0 Å². The lowest BCUT2D eigenvalue weighted by atomic mass is 10.1. The van der Waals surface area contributed by atoms with Crippen molar-refractivity contribution in [3.8, 4) is 5.75 Å². The normalized spacial score (nSPS) is 21.4. The number of ether oxygens (including phenoxy) is 1. The summed E-state index contributed by atoms with van der Waals surface area (Å²) in [6.45, 7) is 1.19. The van der Waals surface area contributed by atoms with Gasteiger partial charge in [-0.25, -0.2) is 0 Å². The standard InChI is InChI=1S/C19H17N3O3/c20-13-3-1-2-10-12(13)8-15(23)11-4-5-14-17(16(11)18(10)24)22-19(21-14)6-7-25-9-19/h1-5,8,21-22,24H,6-7,9,20H2. The maximum absolute atomic E-state index is 12.8. The zero-order valence-electron chi connectivity index (χ0n) is 13.4. The number of hydrogen-bond acceptors (Lipinski definition) is 6. The molecule has 1 atom stereocenters. The number of nitrogens with two attached hydrogens (primary N) is 1. The molecule has 0 aromatic heterocycles. The summed E-state index contributed by atoms with van der Waals surface area (Å²) in [5.74, 6) is 0.0570. The van der Waals surface area contributed by atoms with Crippen molar-refractivity contribution >= 4 is 38.6 Å². The van der Waals surface area contributed by atoms with Gasteiger partial charge in [-0.2, -0.15) is 0 Å². The largest absolute Gasteiger partial charge is 0.507 e. The number of nitrogen functional groups attached to an aromatic ring is 1. The fourth-order valence-corrected chi connectivity index (χ4v) is 3.87. The van der Waals surface area contributed by atoms with Crippen LogP contribution in [0.3, 0.4) is 0 Å². The number of rotatable bonds is 0. The van der Waals surface area contributed by atoms with Crippen LogP contribution in [0.4, 0.5) is 17.1 Å². The van der Waals surface area contributed by atoms with E-state index in [0.717, 1.165) is 17.8 Å². The molecule has 5 N–H and O–H groups in total. The van der Waals surface area contributed by atoms with Gasteiger partial charge in [0.1, 0.15) is 11.4 Å². The minimum absolute atomic E-state index is 0.0570. The molecule has 126 valence electrons. The lowest BCUT2D eigenvalue weighted by Crippen LogP contribution is -2.42. The topological polar surface area (TPSA) is 96.6 Å². The first kappa shape index (κ1) is 14.4. The van der Waals surface area contributed by atoms with Crippen molar-refractivity contribution in [1.82, 2.24) is 0 Å². The van der Waals surface area contributed by atoms with Gasteiger partial charge in [0.05, 0.1) is 30.0 Å². The number of aromatic hydroxyl groups is 1. The molecule has 2 heterocycles. The van der Waals surface area contributed by atoms with E-state index >= 15 is 0 Å². The molecule has 6 heteroatoms. The first-order chi connectivity index (χ1) is 12.1. The van der Waals surface area contributed by atoms with Crippen LogP contribution in [0.2, 0.25) is 0 Å². The Balaban J connectivity index is 1.92. The van der Waals surface area contributed by atoms with Crippen LogP contribution in [-0.4, -0.2) is 24.0 Å². The molecule has 0 radical (unpaired) electrons. The molecule has 3 aromatic carbocycles. The van der Waals surface area contributed by atoms with Crippen LogP contribution in [0.15, 0.2) is 41.2 Å². The van der Waals surface area contributed by atoms with Crippen molar-refractivity contribution in [2.24, 2.45) is 0 Å². The highest BCUT2D eigenvalue weighted by Crippen LogP contribution is 2.46. The predicted molar refractivity (Wildman–Crippen MR) is 99.2 cm³/mol. The van der Waals surface area contributed by atoms with Crippen LogP contribution in [0.1, 0.15) is 6.42 Å². The molecule has 0 bridgehead atoms. The second-order valence-electron chi connectivity index (χ2n) is 6.71. The molecule has 0 aliphatic carbocycles. The maximum atomic E-state index is 12.8. The molecule has 3 aromatic rings. The molecule has 5 rings (SSSR count). The maximum Gasteiger partial charge on any atom is 0.187 e. The summed E-state index contributed by atoms with van der Waals surface area (Å²) in [7, 11) is 0. The van der Waals surface area contributed by atoms with E-state index in [2.05, 4.69) is 10.6 Å². The van der Waals surface area contributed by atoms with Crippen molar-refractivity contribution in [2.45, 2.75) is 12.1 Å². The highest BCUT2D eigenvalue weighted by molar-refractivity contribution is 6.12. The van der Waals surface area contributed by atoms with E-state index in [-0.39, 0.29) is 16.8 Å². The minimum Gasteiger partial charge on any atom is -0.507 e. The Morgan fingerprint density at radius 3 is 2.80 bits per heavy atom. The first-order valence-corrected chi connectivity index (χ1v) is 8.23. The van der Waals surface area contributed by atoms with Gasteiger partial charge in [0.25, 0.3) is 0 Å². The fourth-order valence-electron chi connectivity index (χ4n) is 3.87.